The zero-order chi connectivity index (χ0) is 14.4. The van der Waals surface area contributed by atoms with E-state index in [1.54, 1.807) is 12.1 Å². The number of hydrogen-bond donors (Lipinski definition) is 1. The van der Waals surface area contributed by atoms with Crippen molar-refractivity contribution in [2.45, 2.75) is 13.0 Å². The number of ether oxygens (including phenoxy) is 2. The highest BCUT2D eigenvalue weighted by Gasteiger charge is 2.18. The Hall–Kier alpha value is -1.66. The third kappa shape index (κ3) is 4.18. The number of nitrogens with zero attached hydrogens (tertiary/aromatic N) is 2. The predicted molar refractivity (Wildman–Crippen MR) is 75.0 cm³/mol. The van der Waals surface area contributed by atoms with Gasteiger partial charge in [0.1, 0.15) is 0 Å². The zero-order valence-corrected chi connectivity index (χ0v) is 12.0. The first-order valence-corrected chi connectivity index (χ1v) is 6.86. The van der Waals surface area contributed by atoms with E-state index in [-0.39, 0.29) is 12.0 Å². The summed E-state index contributed by atoms with van der Waals surface area (Å²) in [5.41, 5.74) is 0.526. The van der Waals surface area contributed by atoms with Crippen molar-refractivity contribution in [1.29, 1.82) is 0 Å². The zero-order valence-electron chi connectivity index (χ0n) is 12.0. The van der Waals surface area contributed by atoms with Gasteiger partial charge in [0, 0.05) is 31.9 Å². The maximum Gasteiger partial charge on any atom is 0.252 e. The number of likely N-dealkylation sites (N-methyl/N-ethyl adjacent to an activating group) is 1. The first-order valence-electron chi connectivity index (χ1n) is 6.86. The van der Waals surface area contributed by atoms with Gasteiger partial charge in [0.2, 0.25) is 5.88 Å². The topological polar surface area (TPSA) is 63.7 Å². The second-order valence-electron chi connectivity index (χ2n) is 4.78. The first kappa shape index (κ1) is 14.7. The van der Waals surface area contributed by atoms with Crippen molar-refractivity contribution in [3.05, 3.63) is 23.9 Å². The van der Waals surface area contributed by atoms with Gasteiger partial charge in [-0.3, -0.25) is 4.79 Å². The highest BCUT2D eigenvalue weighted by Crippen LogP contribution is 2.08. The summed E-state index contributed by atoms with van der Waals surface area (Å²) in [6, 6.07) is 3.41. The molecule has 6 nitrogen and oxygen atoms in total. The molecule has 0 unspecified atom stereocenters. The molecule has 1 amide bonds. The fraction of sp³-hybridized carbons (Fsp3) is 0.571. The van der Waals surface area contributed by atoms with Crippen molar-refractivity contribution < 1.29 is 14.3 Å². The Balaban J connectivity index is 1.82. The smallest absolute Gasteiger partial charge is 0.252 e. The summed E-state index contributed by atoms with van der Waals surface area (Å²) in [5.74, 6) is 0.388. The largest absolute Gasteiger partial charge is 0.478 e. The van der Waals surface area contributed by atoms with Crippen molar-refractivity contribution in [3.63, 3.8) is 0 Å². The van der Waals surface area contributed by atoms with Gasteiger partial charge in [-0.2, -0.15) is 0 Å². The summed E-state index contributed by atoms with van der Waals surface area (Å²) in [6.07, 6.45) is 1.57. The molecule has 1 fully saturated rings. The number of morpholine rings is 1. The summed E-state index contributed by atoms with van der Waals surface area (Å²) in [7, 11) is 2.05. The molecule has 1 aliphatic rings. The highest BCUT2D eigenvalue weighted by molar-refractivity contribution is 5.93. The first-order chi connectivity index (χ1) is 9.69. The van der Waals surface area contributed by atoms with E-state index in [0.29, 0.717) is 31.2 Å². The van der Waals surface area contributed by atoms with Crippen molar-refractivity contribution in [3.8, 4) is 5.88 Å². The monoisotopic (exact) mass is 279 g/mol. The molecule has 0 saturated carbocycles. The number of rotatable bonds is 5. The van der Waals surface area contributed by atoms with Gasteiger partial charge in [0.05, 0.1) is 24.9 Å². The normalized spacial score (nSPS) is 19.6. The van der Waals surface area contributed by atoms with Crippen LogP contribution < -0.4 is 10.1 Å². The quantitative estimate of drug-likeness (QED) is 0.852. The van der Waals surface area contributed by atoms with E-state index in [0.717, 1.165) is 13.1 Å². The Morgan fingerprint density at radius 2 is 2.45 bits per heavy atom. The van der Waals surface area contributed by atoms with E-state index >= 15 is 0 Å². The van der Waals surface area contributed by atoms with Crippen LogP contribution in [0.25, 0.3) is 0 Å². The number of hydrogen-bond acceptors (Lipinski definition) is 5. The Labute approximate surface area is 119 Å². The molecular weight excluding hydrogens is 258 g/mol. The lowest BCUT2D eigenvalue weighted by atomic mass is 10.2. The summed E-state index contributed by atoms with van der Waals surface area (Å²) in [6.45, 7) is 5.45. The SMILES string of the molecule is CCOc1ccc(C(=O)NC[C@H]2CN(C)CCO2)cn1. The Bertz CT molecular complexity index is 436. The minimum Gasteiger partial charge on any atom is -0.478 e. The third-order valence-electron chi connectivity index (χ3n) is 3.12. The minimum atomic E-state index is -0.141. The van der Waals surface area contributed by atoms with E-state index in [1.165, 1.54) is 6.20 Å². The number of amides is 1. The standard InChI is InChI=1S/C14H21N3O3/c1-3-19-13-5-4-11(8-15-13)14(18)16-9-12-10-17(2)6-7-20-12/h4-5,8,12H,3,6-7,9-10H2,1-2H3,(H,16,18)/t12-/m0/s1. The lowest BCUT2D eigenvalue weighted by Crippen LogP contribution is -2.45. The van der Waals surface area contributed by atoms with Crippen LogP contribution in [0.5, 0.6) is 5.88 Å². The van der Waals surface area contributed by atoms with E-state index < -0.39 is 0 Å². The molecule has 6 heteroatoms. The van der Waals surface area contributed by atoms with Gasteiger partial charge in [-0.15, -0.1) is 0 Å². The molecule has 20 heavy (non-hydrogen) atoms. The number of carbonyl (C=O) groups is 1. The predicted octanol–water partition coefficient (Wildman–Crippen LogP) is 0.541. The molecule has 1 aromatic heterocycles. The molecule has 110 valence electrons. The average molecular weight is 279 g/mol. The molecule has 1 aliphatic heterocycles. The fourth-order valence-electron chi connectivity index (χ4n) is 2.05. The molecule has 1 atom stereocenters. The van der Waals surface area contributed by atoms with Crippen LogP contribution in [0.2, 0.25) is 0 Å². The Morgan fingerprint density at radius 3 is 3.10 bits per heavy atom. The summed E-state index contributed by atoms with van der Waals surface area (Å²) in [5, 5.41) is 2.87. The molecule has 0 aromatic carbocycles. The molecule has 2 rings (SSSR count). The Kier molecular flexibility index (Phi) is 5.31. The van der Waals surface area contributed by atoms with Gasteiger partial charge >= 0.3 is 0 Å². The molecule has 1 saturated heterocycles. The van der Waals surface area contributed by atoms with Gasteiger partial charge in [0.15, 0.2) is 0 Å². The van der Waals surface area contributed by atoms with Gasteiger partial charge < -0.3 is 19.7 Å². The number of aromatic nitrogens is 1. The van der Waals surface area contributed by atoms with Crippen molar-refractivity contribution in [1.82, 2.24) is 15.2 Å². The average Bonchev–Trinajstić information content (AvgIpc) is 2.46. The molecule has 0 aliphatic carbocycles. The van der Waals surface area contributed by atoms with Crippen LogP contribution in [0.15, 0.2) is 18.3 Å². The van der Waals surface area contributed by atoms with Crippen LogP contribution in [0.3, 0.4) is 0 Å². The number of pyridine rings is 1. The lowest BCUT2D eigenvalue weighted by molar-refractivity contribution is -0.0175. The maximum atomic E-state index is 12.0. The van der Waals surface area contributed by atoms with Crippen molar-refractivity contribution >= 4 is 5.91 Å². The molecule has 0 radical (unpaired) electrons. The van der Waals surface area contributed by atoms with Crippen molar-refractivity contribution in [2.24, 2.45) is 0 Å². The van der Waals surface area contributed by atoms with Gasteiger partial charge in [-0.05, 0) is 20.0 Å². The van der Waals surface area contributed by atoms with E-state index in [1.807, 2.05) is 14.0 Å². The van der Waals surface area contributed by atoms with E-state index in [4.69, 9.17) is 9.47 Å². The summed E-state index contributed by atoms with van der Waals surface area (Å²) in [4.78, 5) is 18.2. The molecule has 1 N–H and O–H groups in total. The number of nitrogens with one attached hydrogen (secondary N) is 1. The van der Waals surface area contributed by atoms with Crippen LogP contribution >= 0.6 is 0 Å². The molecule has 0 spiro atoms. The fourth-order valence-corrected chi connectivity index (χ4v) is 2.05. The second kappa shape index (κ2) is 7.21. The van der Waals surface area contributed by atoms with Gasteiger partial charge in [-0.1, -0.05) is 0 Å². The second-order valence-corrected chi connectivity index (χ2v) is 4.78. The van der Waals surface area contributed by atoms with Gasteiger partial charge in [-0.25, -0.2) is 4.98 Å². The van der Waals surface area contributed by atoms with Crippen LogP contribution in [0.1, 0.15) is 17.3 Å². The molecule has 0 bridgehead atoms. The third-order valence-corrected chi connectivity index (χ3v) is 3.12. The molecule has 2 heterocycles. The molecule has 1 aromatic rings. The van der Waals surface area contributed by atoms with E-state index in [9.17, 15) is 4.79 Å². The summed E-state index contributed by atoms with van der Waals surface area (Å²) >= 11 is 0. The highest BCUT2D eigenvalue weighted by atomic mass is 16.5. The van der Waals surface area contributed by atoms with Crippen LogP contribution in [-0.4, -0.2) is 61.8 Å². The van der Waals surface area contributed by atoms with Crippen molar-refractivity contribution in [2.75, 3.05) is 39.9 Å². The van der Waals surface area contributed by atoms with Crippen LogP contribution in [0.4, 0.5) is 0 Å². The Morgan fingerprint density at radius 1 is 1.60 bits per heavy atom. The molecular formula is C14H21N3O3. The van der Waals surface area contributed by atoms with Crippen LogP contribution in [-0.2, 0) is 4.74 Å². The van der Waals surface area contributed by atoms with Crippen LogP contribution in [0, 0.1) is 0 Å². The lowest BCUT2D eigenvalue weighted by Gasteiger charge is -2.30. The summed E-state index contributed by atoms with van der Waals surface area (Å²) < 4.78 is 10.8. The minimum absolute atomic E-state index is 0.0494. The van der Waals surface area contributed by atoms with Gasteiger partial charge in [0.25, 0.3) is 5.91 Å². The van der Waals surface area contributed by atoms with E-state index in [2.05, 4.69) is 15.2 Å². The number of carbonyl (C=O) groups excluding carboxylic acids is 1. The maximum absolute atomic E-state index is 12.0.